The van der Waals surface area contributed by atoms with Gasteiger partial charge in [-0.05, 0) is 37.3 Å². The molecule has 27 heavy (non-hydrogen) atoms. The maximum Gasteiger partial charge on any atom is 0.347 e. The van der Waals surface area contributed by atoms with E-state index in [9.17, 15) is 9.59 Å². The lowest BCUT2D eigenvalue weighted by atomic mass is 10.1. The third kappa shape index (κ3) is 5.52. The molecule has 0 heterocycles. The molecule has 0 fully saturated rings. The Morgan fingerprint density at radius 1 is 1.00 bits per heavy atom. The number of carbonyl (C=O) groups excluding carboxylic acids is 2. The summed E-state index contributed by atoms with van der Waals surface area (Å²) in [6, 6.07) is 9.36. The molecule has 0 aliphatic heterocycles. The monoisotopic (exact) mass is 412 g/mol. The Bertz CT molecular complexity index is 837. The van der Waals surface area contributed by atoms with Gasteiger partial charge in [-0.15, -0.1) is 0 Å². The number of halogens is 2. The van der Waals surface area contributed by atoms with Crippen molar-refractivity contribution in [2.75, 3.05) is 20.8 Å². The minimum atomic E-state index is -0.964. The smallest absolute Gasteiger partial charge is 0.347 e. The molecule has 0 aliphatic rings. The first kappa shape index (κ1) is 20.9. The van der Waals surface area contributed by atoms with Gasteiger partial charge in [0.25, 0.3) is 0 Å². The average molecular weight is 413 g/mol. The first-order valence-corrected chi connectivity index (χ1v) is 8.65. The second-order valence-corrected chi connectivity index (χ2v) is 6.28. The van der Waals surface area contributed by atoms with Crippen molar-refractivity contribution in [2.45, 2.75) is 13.0 Å². The Kier molecular flexibility index (Phi) is 7.33. The summed E-state index contributed by atoms with van der Waals surface area (Å²) in [5, 5.41) is 0.711. The van der Waals surface area contributed by atoms with E-state index in [0.717, 1.165) is 0 Å². The van der Waals surface area contributed by atoms with Crippen LogP contribution in [0.5, 0.6) is 17.2 Å². The van der Waals surface area contributed by atoms with Crippen LogP contribution in [0, 0.1) is 0 Å². The van der Waals surface area contributed by atoms with Crippen LogP contribution in [-0.4, -0.2) is 38.7 Å². The fourth-order valence-corrected chi connectivity index (χ4v) is 2.62. The largest absolute Gasteiger partial charge is 0.497 e. The van der Waals surface area contributed by atoms with E-state index < -0.39 is 24.5 Å². The van der Waals surface area contributed by atoms with E-state index in [1.54, 1.807) is 30.3 Å². The van der Waals surface area contributed by atoms with Crippen LogP contribution in [0.4, 0.5) is 0 Å². The zero-order valence-corrected chi connectivity index (χ0v) is 16.5. The van der Waals surface area contributed by atoms with E-state index in [2.05, 4.69) is 0 Å². The molecule has 0 spiro atoms. The van der Waals surface area contributed by atoms with Crippen molar-refractivity contribution in [1.29, 1.82) is 0 Å². The average Bonchev–Trinajstić information content (AvgIpc) is 2.67. The van der Waals surface area contributed by atoms with Crippen molar-refractivity contribution in [3.8, 4) is 17.2 Å². The van der Waals surface area contributed by atoms with E-state index in [1.807, 2.05) is 0 Å². The first-order valence-electron chi connectivity index (χ1n) is 7.89. The summed E-state index contributed by atoms with van der Waals surface area (Å²) in [6.07, 6.45) is -0.964. The molecule has 0 bridgehead atoms. The van der Waals surface area contributed by atoms with Gasteiger partial charge >= 0.3 is 5.97 Å². The quantitative estimate of drug-likeness (QED) is 0.477. The molecule has 0 amide bonds. The van der Waals surface area contributed by atoms with Crippen LogP contribution in [0.25, 0.3) is 0 Å². The van der Waals surface area contributed by atoms with Gasteiger partial charge in [0, 0.05) is 11.1 Å². The molecule has 2 aromatic rings. The number of carbonyl (C=O) groups is 2. The Morgan fingerprint density at radius 3 is 2.37 bits per heavy atom. The molecule has 6 nitrogen and oxygen atoms in total. The lowest BCUT2D eigenvalue weighted by molar-refractivity contribution is -0.149. The Morgan fingerprint density at radius 2 is 1.74 bits per heavy atom. The summed E-state index contributed by atoms with van der Waals surface area (Å²) in [6.45, 7) is 1.04. The third-order valence-electron chi connectivity index (χ3n) is 3.58. The summed E-state index contributed by atoms with van der Waals surface area (Å²) >= 11 is 11.8. The standard InChI is InChI=1S/C19H18Cl2O6/c1-11(27-17-7-4-12(20)8-15(17)21)19(23)26-10-16(22)14-6-5-13(24-2)9-18(14)25-3/h4-9,11H,10H2,1-3H3. The predicted molar refractivity (Wildman–Crippen MR) is 101 cm³/mol. The van der Waals surface area contributed by atoms with E-state index in [0.29, 0.717) is 16.5 Å². The number of ether oxygens (including phenoxy) is 4. The van der Waals surface area contributed by atoms with Crippen molar-refractivity contribution in [1.82, 2.24) is 0 Å². The van der Waals surface area contributed by atoms with Gasteiger partial charge in [-0.1, -0.05) is 23.2 Å². The van der Waals surface area contributed by atoms with Gasteiger partial charge in [-0.2, -0.15) is 0 Å². The van der Waals surface area contributed by atoms with Crippen molar-refractivity contribution in [3.05, 3.63) is 52.0 Å². The van der Waals surface area contributed by atoms with Crippen LogP contribution >= 0.6 is 23.2 Å². The summed E-state index contributed by atoms with van der Waals surface area (Å²) in [4.78, 5) is 24.4. The van der Waals surface area contributed by atoms with E-state index in [4.69, 9.17) is 42.1 Å². The highest BCUT2D eigenvalue weighted by molar-refractivity contribution is 6.35. The molecule has 1 unspecified atom stereocenters. The van der Waals surface area contributed by atoms with Crippen molar-refractivity contribution >= 4 is 35.0 Å². The summed E-state index contributed by atoms with van der Waals surface area (Å²) in [5.74, 6) is 0.0324. The first-order chi connectivity index (χ1) is 12.8. The second-order valence-electron chi connectivity index (χ2n) is 5.43. The minimum Gasteiger partial charge on any atom is -0.497 e. The topological polar surface area (TPSA) is 71.1 Å². The highest BCUT2D eigenvalue weighted by Gasteiger charge is 2.21. The SMILES string of the molecule is COc1ccc(C(=O)COC(=O)C(C)Oc2ccc(Cl)cc2Cl)c(OC)c1. The Labute approximate surface area is 166 Å². The fraction of sp³-hybridized carbons (Fsp3) is 0.263. The lowest BCUT2D eigenvalue weighted by Gasteiger charge is -2.15. The van der Waals surface area contributed by atoms with E-state index in [-0.39, 0.29) is 16.3 Å². The zero-order chi connectivity index (χ0) is 20.0. The molecule has 2 aromatic carbocycles. The van der Waals surface area contributed by atoms with Crippen molar-refractivity contribution < 1.29 is 28.5 Å². The van der Waals surface area contributed by atoms with Gasteiger partial charge in [0.05, 0.1) is 24.8 Å². The van der Waals surface area contributed by atoms with E-state index in [1.165, 1.54) is 27.2 Å². The normalized spacial score (nSPS) is 11.4. The third-order valence-corrected chi connectivity index (χ3v) is 4.11. The molecule has 0 aromatic heterocycles. The number of rotatable bonds is 8. The molecular formula is C19H18Cl2O6. The number of Topliss-reactive ketones (excluding diaryl/α,β-unsaturated/α-hetero) is 1. The van der Waals surface area contributed by atoms with Crippen LogP contribution < -0.4 is 14.2 Å². The molecule has 0 radical (unpaired) electrons. The Balaban J connectivity index is 1.97. The highest BCUT2D eigenvalue weighted by atomic mass is 35.5. The van der Waals surface area contributed by atoms with Gasteiger partial charge < -0.3 is 18.9 Å². The number of ketones is 1. The van der Waals surface area contributed by atoms with Crippen LogP contribution in [0.3, 0.4) is 0 Å². The molecule has 8 heteroatoms. The lowest BCUT2D eigenvalue weighted by Crippen LogP contribution is -2.28. The van der Waals surface area contributed by atoms with Crippen LogP contribution in [-0.2, 0) is 9.53 Å². The van der Waals surface area contributed by atoms with Gasteiger partial charge in [-0.25, -0.2) is 4.79 Å². The number of hydrogen-bond acceptors (Lipinski definition) is 6. The van der Waals surface area contributed by atoms with Gasteiger partial charge in [0.1, 0.15) is 17.2 Å². The molecule has 0 saturated carbocycles. The summed E-state index contributed by atoms with van der Waals surface area (Å²) in [5.41, 5.74) is 0.278. The predicted octanol–water partition coefficient (Wildman–Crippen LogP) is 4.20. The maximum absolute atomic E-state index is 12.3. The highest BCUT2D eigenvalue weighted by Crippen LogP contribution is 2.28. The Hall–Kier alpha value is -2.44. The van der Waals surface area contributed by atoms with Crippen LogP contribution in [0.1, 0.15) is 17.3 Å². The molecule has 0 N–H and O–H groups in total. The van der Waals surface area contributed by atoms with Gasteiger partial charge in [0.2, 0.25) is 5.78 Å². The zero-order valence-electron chi connectivity index (χ0n) is 15.0. The van der Waals surface area contributed by atoms with Gasteiger partial charge in [-0.3, -0.25) is 4.79 Å². The van der Waals surface area contributed by atoms with Crippen LogP contribution in [0.2, 0.25) is 10.0 Å². The second kappa shape index (κ2) is 9.48. The van der Waals surface area contributed by atoms with Crippen molar-refractivity contribution in [3.63, 3.8) is 0 Å². The summed E-state index contributed by atoms with van der Waals surface area (Å²) < 4.78 is 20.8. The number of esters is 1. The minimum absolute atomic E-state index is 0.265. The molecule has 1 atom stereocenters. The van der Waals surface area contributed by atoms with Crippen LogP contribution in [0.15, 0.2) is 36.4 Å². The van der Waals surface area contributed by atoms with Crippen molar-refractivity contribution in [2.24, 2.45) is 0 Å². The molecular weight excluding hydrogens is 395 g/mol. The summed E-state index contributed by atoms with van der Waals surface area (Å²) in [7, 11) is 2.94. The fourth-order valence-electron chi connectivity index (χ4n) is 2.17. The number of benzene rings is 2. The van der Waals surface area contributed by atoms with Gasteiger partial charge in [0.15, 0.2) is 12.7 Å². The molecule has 144 valence electrons. The number of hydrogen-bond donors (Lipinski definition) is 0. The molecule has 0 aliphatic carbocycles. The maximum atomic E-state index is 12.3. The van der Waals surface area contributed by atoms with E-state index >= 15 is 0 Å². The molecule has 2 rings (SSSR count). The molecule has 0 saturated heterocycles. The number of methoxy groups -OCH3 is 2.